The van der Waals surface area contributed by atoms with Crippen LogP contribution in [0.15, 0.2) is 152 Å². The molecule has 6 rings (SSSR count). The van der Waals surface area contributed by atoms with E-state index in [0.717, 1.165) is 39.1 Å². The third-order valence-electron chi connectivity index (χ3n) is 9.09. The second-order valence-electron chi connectivity index (χ2n) is 12.1. The number of nitrogens with zero attached hydrogens (tertiary/aromatic N) is 1. The topological polar surface area (TPSA) is 107 Å². The van der Waals surface area contributed by atoms with Crippen LogP contribution in [0.2, 0.25) is 0 Å². The molecule has 0 aliphatic rings. The van der Waals surface area contributed by atoms with Crippen LogP contribution in [0, 0.1) is 0 Å². The first kappa shape index (κ1) is 34.4. The Bertz CT molecular complexity index is 1880. The molecule has 252 valence electrons. The Hall–Kier alpha value is -5.44. The van der Waals surface area contributed by atoms with Crippen LogP contribution in [-0.4, -0.2) is 45.0 Å². The number of carbonyl (C=O) groups excluding carboxylic acids is 1. The molecule has 50 heavy (non-hydrogen) atoms. The van der Waals surface area contributed by atoms with Crippen molar-refractivity contribution in [3.8, 4) is 11.1 Å². The number of amides is 1. The van der Waals surface area contributed by atoms with Crippen LogP contribution in [0.3, 0.4) is 0 Å². The quantitative estimate of drug-likeness (QED) is 0.0823. The van der Waals surface area contributed by atoms with Crippen LogP contribution < -0.4 is 10.6 Å². The summed E-state index contributed by atoms with van der Waals surface area (Å²) in [5.41, 5.74) is 6.61. The fraction of sp³-hybridized carbons (Fsp3) is 0.167. The molecule has 4 N–H and O–H groups in total. The number of aromatic amines is 1. The van der Waals surface area contributed by atoms with Crippen LogP contribution in [0.25, 0.3) is 11.1 Å². The molecule has 0 bridgehead atoms. The predicted octanol–water partition coefficient (Wildman–Crippen LogP) is 7.88. The first-order valence-corrected chi connectivity index (χ1v) is 18.0. The standard InChI is InChI=1S/C42H40N4O3S/c1-50-25-24-37(41(48)49)46-40(47)35-23-22-30(26-36(35)31-14-6-2-7-15-31)27-44-39(38-28-43-29-45-38)42(32-16-8-3-9-17-32,33-18-10-4-11-19-33)34-20-12-5-13-21-34/h2-23,26,28-29,37,39,44H,24-25,27H2,1H3,(H,43,45)(H,46,47)(H,48,49)/t37-,39?/m0/s1. The first-order valence-electron chi connectivity index (χ1n) is 16.6. The minimum absolute atomic E-state index is 0.298. The molecule has 7 nitrogen and oxygen atoms in total. The van der Waals surface area contributed by atoms with Gasteiger partial charge in [-0.05, 0) is 63.9 Å². The first-order chi connectivity index (χ1) is 24.5. The number of hydrogen-bond acceptors (Lipinski definition) is 5. The van der Waals surface area contributed by atoms with Crippen molar-refractivity contribution in [3.05, 3.63) is 186 Å². The molecule has 0 aliphatic heterocycles. The maximum atomic E-state index is 13.6. The molecule has 1 aromatic heterocycles. The van der Waals surface area contributed by atoms with Gasteiger partial charge in [0.15, 0.2) is 0 Å². The number of hydrogen-bond donors (Lipinski definition) is 4. The number of rotatable bonds is 15. The van der Waals surface area contributed by atoms with Crippen molar-refractivity contribution in [1.29, 1.82) is 0 Å². The second kappa shape index (κ2) is 16.3. The van der Waals surface area contributed by atoms with Crippen LogP contribution in [0.4, 0.5) is 0 Å². The number of aliphatic carboxylic acids is 1. The molecule has 1 unspecified atom stereocenters. The van der Waals surface area contributed by atoms with E-state index < -0.39 is 23.3 Å². The number of nitrogens with one attached hydrogen (secondary N) is 3. The minimum Gasteiger partial charge on any atom is -0.480 e. The highest BCUT2D eigenvalue weighted by Crippen LogP contribution is 2.48. The Labute approximate surface area is 297 Å². The summed E-state index contributed by atoms with van der Waals surface area (Å²) in [4.78, 5) is 33.5. The van der Waals surface area contributed by atoms with E-state index >= 15 is 0 Å². The summed E-state index contributed by atoms with van der Waals surface area (Å²) in [5.74, 6) is -0.831. The number of aromatic nitrogens is 2. The van der Waals surface area contributed by atoms with Gasteiger partial charge in [-0.15, -0.1) is 0 Å². The van der Waals surface area contributed by atoms with Gasteiger partial charge in [0.1, 0.15) is 6.04 Å². The van der Waals surface area contributed by atoms with Crippen molar-refractivity contribution in [2.24, 2.45) is 0 Å². The number of benzene rings is 5. The van der Waals surface area contributed by atoms with Gasteiger partial charge in [0.05, 0.1) is 23.5 Å². The van der Waals surface area contributed by atoms with Crippen LogP contribution in [0.5, 0.6) is 0 Å². The summed E-state index contributed by atoms with van der Waals surface area (Å²) in [6.07, 6.45) is 5.84. The van der Waals surface area contributed by atoms with Crippen LogP contribution in [-0.2, 0) is 16.8 Å². The lowest BCUT2D eigenvalue weighted by molar-refractivity contribution is -0.139. The molecule has 2 atom stereocenters. The Balaban J connectivity index is 1.43. The predicted molar refractivity (Wildman–Crippen MR) is 201 cm³/mol. The summed E-state index contributed by atoms with van der Waals surface area (Å²) in [5, 5.41) is 16.5. The summed E-state index contributed by atoms with van der Waals surface area (Å²) >= 11 is 1.55. The van der Waals surface area contributed by atoms with Gasteiger partial charge in [0.25, 0.3) is 5.91 Å². The number of imidazole rings is 1. The fourth-order valence-electron chi connectivity index (χ4n) is 6.73. The van der Waals surface area contributed by atoms with Gasteiger partial charge in [-0.25, -0.2) is 9.78 Å². The van der Waals surface area contributed by atoms with Crippen LogP contribution >= 0.6 is 11.8 Å². The minimum atomic E-state index is -1.04. The molecule has 0 radical (unpaired) electrons. The average Bonchev–Trinajstić information content (AvgIpc) is 3.71. The number of H-pyrrole nitrogens is 1. The lowest BCUT2D eigenvalue weighted by atomic mass is 9.64. The summed E-state index contributed by atoms with van der Waals surface area (Å²) in [6.45, 7) is 0.463. The highest BCUT2D eigenvalue weighted by molar-refractivity contribution is 7.98. The molecule has 6 aromatic rings. The van der Waals surface area contributed by atoms with Crippen LogP contribution in [0.1, 0.15) is 50.8 Å². The molecule has 0 aliphatic carbocycles. The zero-order chi connectivity index (χ0) is 34.8. The lowest BCUT2D eigenvalue weighted by Gasteiger charge is -2.43. The number of thioether (sulfide) groups is 1. The maximum absolute atomic E-state index is 13.6. The molecule has 0 saturated carbocycles. The average molecular weight is 681 g/mol. The van der Waals surface area contributed by atoms with Crippen molar-refractivity contribution < 1.29 is 14.7 Å². The summed E-state index contributed by atoms with van der Waals surface area (Å²) in [6, 6.07) is 45.8. The molecule has 1 heterocycles. The molecule has 8 heteroatoms. The largest absolute Gasteiger partial charge is 0.480 e. The molecular formula is C42H40N4O3S. The van der Waals surface area contributed by atoms with Gasteiger partial charge in [-0.1, -0.05) is 127 Å². The molecule has 0 saturated heterocycles. The summed E-state index contributed by atoms with van der Waals surface area (Å²) < 4.78 is 0. The van der Waals surface area contributed by atoms with Gasteiger partial charge in [0, 0.05) is 18.3 Å². The molecular weight excluding hydrogens is 641 g/mol. The van der Waals surface area contributed by atoms with Crippen molar-refractivity contribution in [1.82, 2.24) is 20.6 Å². The van der Waals surface area contributed by atoms with Gasteiger partial charge < -0.3 is 20.7 Å². The van der Waals surface area contributed by atoms with E-state index in [-0.39, 0.29) is 6.04 Å². The van der Waals surface area contributed by atoms with Crippen molar-refractivity contribution in [2.45, 2.75) is 30.5 Å². The van der Waals surface area contributed by atoms with E-state index in [9.17, 15) is 14.7 Å². The third-order valence-corrected chi connectivity index (χ3v) is 9.73. The van der Waals surface area contributed by atoms with Gasteiger partial charge in [-0.3, -0.25) is 4.79 Å². The molecule has 5 aromatic carbocycles. The van der Waals surface area contributed by atoms with E-state index in [0.29, 0.717) is 24.3 Å². The third kappa shape index (κ3) is 7.42. The van der Waals surface area contributed by atoms with Gasteiger partial charge in [0.2, 0.25) is 0 Å². The number of carboxylic acids is 1. The molecule has 0 spiro atoms. The van der Waals surface area contributed by atoms with E-state index in [2.05, 4.69) is 93.4 Å². The molecule has 0 fully saturated rings. The zero-order valence-electron chi connectivity index (χ0n) is 27.8. The van der Waals surface area contributed by atoms with E-state index in [4.69, 9.17) is 0 Å². The number of carboxylic acid groups (broad SMARTS) is 1. The highest BCUT2D eigenvalue weighted by atomic mass is 32.2. The smallest absolute Gasteiger partial charge is 0.326 e. The SMILES string of the molecule is CSCC[C@H](NC(=O)c1ccc(CNC(c2cnc[nH]2)C(c2ccccc2)(c2ccccc2)c2ccccc2)cc1-c1ccccc1)C(=O)O. The fourth-order valence-corrected chi connectivity index (χ4v) is 7.20. The Morgan fingerprint density at radius 1 is 0.800 bits per heavy atom. The summed E-state index contributed by atoms with van der Waals surface area (Å²) in [7, 11) is 0. The van der Waals surface area contributed by atoms with E-state index in [1.807, 2.05) is 73.1 Å². The normalized spacial score (nSPS) is 12.6. The van der Waals surface area contributed by atoms with E-state index in [1.54, 1.807) is 24.2 Å². The maximum Gasteiger partial charge on any atom is 0.326 e. The van der Waals surface area contributed by atoms with Crippen molar-refractivity contribution >= 4 is 23.6 Å². The highest BCUT2D eigenvalue weighted by Gasteiger charge is 2.45. The second-order valence-corrected chi connectivity index (χ2v) is 13.1. The Kier molecular flexibility index (Phi) is 11.2. The Morgan fingerprint density at radius 3 is 1.86 bits per heavy atom. The zero-order valence-corrected chi connectivity index (χ0v) is 28.6. The number of carbonyl (C=O) groups is 2. The van der Waals surface area contributed by atoms with E-state index in [1.165, 1.54) is 0 Å². The molecule has 1 amide bonds. The van der Waals surface area contributed by atoms with Gasteiger partial charge >= 0.3 is 5.97 Å². The van der Waals surface area contributed by atoms with Crippen molar-refractivity contribution in [2.75, 3.05) is 12.0 Å². The Morgan fingerprint density at radius 2 is 1.36 bits per heavy atom. The lowest BCUT2D eigenvalue weighted by Crippen LogP contribution is -2.44. The van der Waals surface area contributed by atoms with Crippen molar-refractivity contribution in [3.63, 3.8) is 0 Å². The monoisotopic (exact) mass is 680 g/mol. The van der Waals surface area contributed by atoms with Gasteiger partial charge in [-0.2, -0.15) is 11.8 Å².